The molecule has 0 aliphatic heterocycles. The molecule has 0 bridgehead atoms. The lowest BCUT2D eigenvalue weighted by Gasteiger charge is -2.25. The summed E-state index contributed by atoms with van der Waals surface area (Å²) in [5, 5.41) is 12.5. The Morgan fingerprint density at radius 2 is 2.11 bits per heavy atom. The lowest BCUT2D eigenvalue weighted by atomic mass is 10.1. The van der Waals surface area contributed by atoms with Crippen molar-refractivity contribution in [3.8, 4) is 0 Å². The van der Waals surface area contributed by atoms with Crippen molar-refractivity contribution in [3.63, 3.8) is 0 Å². The molecule has 4 N–H and O–H groups in total. The Bertz CT molecular complexity index is 452. The molecule has 19 heavy (non-hydrogen) atoms. The van der Waals surface area contributed by atoms with Gasteiger partial charge in [0, 0.05) is 17.9 Å². The van der Waals surface area contributed by atoms with Gasteiger partial charge in [0.2, 0.25) is 5.91 Å². The zero-order valence-corrected chi connectivity index (χ0v) is 12.0. The van der Waals surface area contributed by atoms with Gasteiger partial charge in [0.25, 0.3) is 0 Å². The van der Waals surface area contributed by atoms with Crippen LogP contribution in [0.4, 0.5) is 11.4 Å². The lowest BCUT2D eigenvalue weighted by Crippen LogP contribution is -2.40. The zero-order valence-electron chi connectivity index (χ0n) is 12.0. The van der Waals surface area contributed by atoms with Crippen molar-refractivity contribution in [3.05, 3.63) is 23.8 Å². The van der Waals surface area contributed by atoms with Crippen molar-refractivity contribution in [2.75, 3.05) is 31.2 Å². The largest absolute Gasteiger partial charge is 0.399 e. The van der Waals surface area contributed by atoms with E-state index in [0.717, 1.165) is 11.3 Å². The van der Waals surface area contributed by atoms with E-state index in [9.17, 15) is 9.90 Å². The number of nitrogens with zero attached hydrogens (tertiary/aromatic N) is 1. The van der Waals surface area contributed by atoms with E-state index in [2.05, 4.69) is 5.32 Å². The zero-order chi connectivity index (χ0) is 14.6. The predicted molar refractivity (Wildman–Crippen MR) is 78.0 cm³/mol. The molecule has 1 aromatic rings. The Balaban J connectivity index is 2.58. The number of amides is 1. The van der Waals surface area contributed by atoms with E-state index >= 15 is 0 Å². The number of nitrogens with two attached hydrogens (primary N) is 1. The minimum atomic E-state index is -0.817. The van der Waals surface area contributed by atoms with Crippen molar-refractivity contribution in [2.24, 2.45) is 0 Å². The van der Waals surface area contributed by atoms with Crippen LogP contribution in [0, 0.1) is 6.92 Å². The van der Waals surface area contributed by atoms with Crippen LogP contribution in [-0.4, -0.2) is 41.7 Å². The molecule has 0 heterocycles. The van der Waals surface area contributed by atoms with Crippen molar-refractivity contribution in [2.45, 2.75) is 26.4 Å². The third-order valence-electron chi connectivity index (χ3n) is 2.61. The number of anilines is 2. The van der Waals surface area contributed by atoms with Crippen LogP contribution in [0.2, 0.25) is 0 Å². The van der Waals surface area contributed by atoms with Crippen LogP contribution in [0.5, 0.6) is 0 Å². The second kappa shape index (κ2) is 6.04. The van der Waals surface area contributed by atoms with E-state index in [1.54, 1.807) is 37.9 Å². The van der Waals surface area contributed by atoms with Crippen molar-refractivity contribution in [1.29, 1.82) is 0 Å². The molecule has 0 spiro atoms. The normalized spacial score (nSPS) is 11.7. The van der Waals surface area contributed by atoms with Crippen LogP contribution in [0.15, 0.2) is 18.2 Å². The first-order chi connectivity index (χ1) is 8.67. The standard InChI is InChI=1S/C14H23N3O2/c1-10-5-6-11(15)7-12(10)16-13(18)8-17(4)9-14(2,3)19/h5-7,19H,8-9,15H2,1-4H3,(H,16,18). The molecule has 5 nitrogen and oxygen atoms in total. The SMILES string of the molecule is Cc1ccc(N)cc1NC(=O)CN(C)CC(C)(C)O. The molecule has 1 amide bonds. The molecule has 0 aromatic heterocycles. The third kappa shape index (κ3) is 5.72. The van der Waals surface area contributed by atoms with Crippen molar-refractivity contribution in [1.82, 2.24) is 4.90 Å². The number of hydrogen-bond donors (Lipinski definition) is 3. The van der Waals surface area contributed by atoms with E-state index in [1.807, 2.05) is 13.0 Å². The van der Waals surface area contributed by atoms with Gasteiger partial charge in [-0.25, -0.2) is 0 Å². The van der Waals surface area contributed by atoms with E-state index in [0.29, 0.717) is 12.2 Å². The van der Waals surface area contributed by atoms with Crippen LogP contribution in [0.25, 0.3) is 0 Å². The number of likely N-dealkylation sites (N-methyl/N-ethyl adjacent to an activating group) is 1. The molecule has 0 unspecified atom stereocenters. The maximum absolute atomic E-state index is 11.9. The van der Waals surface area contributed by atoms with Crippen LogP contribution in [0.1, 0.15) is 19.4 Å². The molecule has 5 heteroatoms. The number of nitrogens with one attached hydrogen (secondary N) is 1. The Morgan fingerprint density at radius 1 is 1.47 bits per heavy atom. The molecule has 0 saturated heterocycles. The molecule has 0 aliphatic rings. The molecule has 0 fully saturated rings. The van der Waals surface area contributed by atoms with Crippen LogP contribution >= 0.6 is 0 Å². The smallest absolute Gasteiger partial charge is 0.238 e. The Morgan fingerprint density at radius 3 is 2.68 bits per heavy atom. The summed E-state index contributed by atoms with van der Waals surface area (Å²) in [6.45, 7) is 5.98. The summed E-state index contributed by atoms with van der Waals surface area (Å²) >= 11 is 0. The fourth-order valence-corrected chi connectivity index (χ4v) is 1.93. The molecule has 0 aliphatic carbocycles. The van der Waals surface area contributed by atoms with Gasteiger partial charge in [0.1, 0.15) is 0 Å². The van der Waals surface area contributed by atoms with Gasteiger partial charge in [-0.1, -0.05) is 6.07 Å². The van der Waals surface area contributed by atoms with Gasteiger partial charge in [-0.15, -0.1) is 0 Å². The monoisotopic (exact) mass is 265 g/mol. The fraction of sp³-hybridized carbons (Fsp3) is 0.500. The summed E-state index contributed by atoms with van der Waals surface area (Å²) in [5.41, 5.74) is 7.18. The summed E-state index contributed by atoms with van der Waals surface area (Å²) < 4.78 is 0. The second-order valence-electron chi connectivity index (χ2n) is 5.61. The minimum Gasteiger partial charge on any atom is -0.399 e. The lowest BCUT2D eigenvalue weighted by molar-refractivity contribution is -0.117. The average molecular weight is 265 g/mol. The summed E-state index contributed by atoms with van der Waals surface area (Å²) in [6, 6.07) is 5.40. The Kier molecular flexibility index (Phi) is 4.91. The molecule has 1 aromatic carbocycles. The van der Waals surface area contributed by atoms with Gasteiger partial charge in [-0.05, 0) is 45.5 Å². The van der Waals surface area contributed by atoms with Crippen molar-refractivity contribution >= 4 is 17.3 Å². The molecule has 106 valence electrons. The summed E-state index contributed by atoms with van der Waals surface area (Å²) in [4.78, 5) is 13.7. The number of hydrogen-bond acceptors (Lipinski definition) is 4. The number of nitrogen functional groups attached to an aromatic ring is 1. The number of benzene rings is 1. The highest BCUT2D eigenvalue weighted by Gasteiger charge is 2.17. The van der Waals surface area contributed by atoms with Gasteiger partial charge in [-0.3, -0.25) is 9.69 Å². The highest BCUT2D eigenvalue weighted by Crippen LogP contribution is 2.18. The maximum atomic E-state index is 11.9. The molecular weight excluding hydrogens is 242 g/mol. The first-order valence-corrected chi connectivity index (χ1v) is 6.24. The first-order valence-electron chi connectivity index (χ1n) is 6.24. The van der Waals surface area contributed by atoms with E-state index in [-0.39, 0.29) is 12.5 Å². The molecule has 0 saturated carbocycles. The third-order valence-corrected chi connectivity index (χ3v) is 2.61. The van der Waals surface area contributed by atoms with Gasteiger partial charge < -0.3 is 16.2 Å². The van der Waals surface area contributed by atoms with E-state index in [1.165, 1.54) is 0 Å². The molecule has 1 rings (SSSR count). The van der Waals surface area contributed by atoms with Crippen LogP contribution < -0.4 is 11.1 Å². The van der Waals surface area contributed by atoms with Gasteiger partial charge in [0.05, 0.1) is 12.1 Å². The number of carbonyl (C=O) groups excluding carboxylic acids is 1. The summed E-state index contributed by atoms with van der Waals surface area (Å²) in [6.07, 6.45) is 0. The van der Waals surface area contributed by atoms with Crippen molar-refractivity contribution < 1.29 is 9.90 Å². The molecular formula is C14H23N3O2. The maximum Gasteiger partial charge on any atom is 0.238 e. The quantitative estimate of drug-likeness (QED) is 0.699. The molecule has 0 radical (unpaired) electrons. The summed E-state index contributed by atoms with van der Waals surface area (Å²) in [7, 11) is 1.80. The van der Waals surface area contributed by atoms with Crippen LogP contribution in [0.3, 0.4) is 0 Å². The second-order valence-corrected chi connectivity index (χ2v) is 5.61. The highest BCUT2D eigenvalue weighted by atomic mass is 16.3. The number of aliphatic hydroxyl groups is 1. The highest BCUT2D eigenvalue weighted by molar-refractivity contribution is 5.93. The van der Waals surface area contributed by atoms with E-state index in [4.69, 9.17) is 5.73 Å². The number of carbonyl (C=O) groups is 1. The summed E-state index contributed by atoms with van der Waals surface area (Å²) in [5.74, 6) is -0.125. The van der Waals surface area contributed by atoms with Gasteiger partial charge >= 0.3 is 0 Å². The minimum absolute atomic E-state index is 0.125. The van der Waals surface area contributed by atoms with Crippen LogP contribution in [-0.2, 0) is 4.79 Å². The fourth-order valence-electron chi connectivity index (χ4n) is 1.93. The van der Waals surface area contributed by atoms with Gasteiger partial charge in [-0.2, -0.15) is 0 Å². The first kappa shape index (κ1) is 15.5. The number of aryl methyl sites for hydroxylation is 1. The average Bonchev–Trinajstić information content (AvgIpc) is 2.20. The Labute approximate surface area is 114 Å². The topological polar surface area (TPSA) is 78.6 Å². The van der Waals surface area contributed by atoms with Gasteiger partial charge in [0.15, 0.2) is 0 Å². The predicted octanol–water partition coefficient (Wildman–Crippen LogP) is 1.22. The molecule has 0 atom stereocenters. The number of rotatable bonds is 5. The Hall–Kier alpha value is -1.59. The van der Waals surface area contributed by atoms with E-state index < -0.39 is 5.60 Å².